The Hall–Kier alpha value is -2.69. The molecule has 4 rings (SSSR count). The van der Waals surface area contributed by atoms with Crippen LogP contribution in [-0.4, -0.2) is 36.1 Å². The van der Waals surface area contributed by atoms with E-state index >= 15 is 0 Å². The lowest BCUT2D eigenvalue weighted by Crippen LogP contribution is -3.13. The largest absolute Gasteiger partial charge is 0.488 e. The smallest absolute Gasteiger partial charge is 0.130 e. The lowest BCUT2D eigenvalue weighted by Gasteiger charge is -2.34. The fraction of sp³-hybridized carbons (Fsp3) is 0.269. The molecular formula is C26H29N2OS+. The second kappa shape index (κ2) is 9.88. The van der Waals surface area contributed by atoms with E-state index in [1.54, 1.807) is 4.90 Å². The van der Waals surface area contributed by atoms with Gasteiger partial charge in [-0.3, -0.25) is 0 Å². The molecule has 0 aromatic heterocycles. The van der Waals surface area contributed by atoms with Crippen LogP contribution < -0.4 is 9.64 Å². The molecule has 154 valence electrons. The molecule has 0 bridgehead atoms. The van der Waals surface area contributed by atoms with Gasteiger partial charge in [-0.2, -0.15) is 0 Å². The number of hydrogen-bond acceptors (Lipinski definition) is 2. The van der Waals surface area contributed by atoms with Gasteiger partial charge in [0.15, 0.2) is 0 Å². The minimum Gasteiger partial charge on any atom is -0.488 e. The monoisotopic (exact) mass is 417 g/mol. The first-order valence-corrected chi connectivity index (χ1v) is 11.0. The molecule has 1 heterocycles. The van der Waals surface area contributed by atoms with Gasteiger partial charge in [-0.1, -0.05) is 84.5 Å². The van der Waals surface area contributed by atoms with Crippen LogP contribution in [0.4, 0.5) is 0 Å². The number of quaternary nitrogens is 1. The number of rotatable bonds is 6. The summed E-state index contributed by atoms with van der Waals surface area (Å²) >= 11 is 5.88. The Balaban J connectivity index is 1.36. The molecule has 1 aliphatic rings. The predicted octanol–water partition coefficient (Wildman–Crippen LogP) is 3.65. The standard InChI is InChI=1S/C26H28N2OS/c1-21-11-13-23(14-12-21)20-29-25-10-6-5-9-24(25)26(30)28-17-15-27(16-18-28)19-22-7-3-2-4-8-22/h2-14H,15-20H2,1H3/p+1. The molecule has 3 aromatic rings. The number of ether oxygens (including phenoxy) is 1. The summed E-state index contributed by atoms with van der Waals surface area (Å²) in [6, 6.07) is 27.4. The normalized spacial score (nSPS) is 14.5. The molecule has 1 fully saturated rings. The van der Waals surface area contributed by atoms with E-state index in [4.69, 9.17) is 17.0 Å². The van der Waals surface area contributed by atoms with Gasteiger partial charge in [0.25, 0.3) is 0 Å². The van der Waals surface area contributed by atoms with Crippen molar-refractivity contribution in [2.75, 3.05) is 26.2 Å². The van der Waals surface area contributed by atoms with Crippen molar-refractivity contribution in [3.8, 4) is 5.75 Å². The van der Waals surface area contributed by atoms with Gasteiger partial charge in [-0.15, -0.1) is 0 Å². The summed E-state index contributed by atoms with van der Waals surface area (Å²) in [6.45, 7) is 7.88. The first-order chi connectivity index (χ1) is 14.7. The Morgan fingerprint density at radius 2 is 1.53 bits per heavy atom. The maximum absolute atomic E-state index is 6.16. The van der Waals surface area contributed by atoms with Gasteiger partial charge in [0.1, 0.15) is 23.9 Å². The molecule has 3 aromatic carbocycles. The van der Waals surface area contributed by atoms with Crippen molar-refractivity contribution in [3.63, 3.8) is 0 Å². The Bertz CT molecular complexity index is 964. The van der Waals surface area contributed by atoms with Crippen LogP contribution in [0.2, 0.25) is 0 Å². The number of nitrogens with one attached hydrogen (secondary N) is 1. The molecule has 0 radical (unpaired) electrons. The molecule has 0 amide bonds. The Morgan fingerprint density at radius 3 is 2.27 bits per heavy atom. The minimum atomic E-state index is 0.551. The summed E-state index contributed by atoms with van der Waals surface area (Å²) in [6.07, 6.45) is 0. The second-order valence-corrected chi connectivity index (χ2v) is 8.36. The number of piperazine rings is 1. The van der Waals surface area contributed by atoms with Crippen molar-refractivity contribution in [1.82, 2.24) is 4.90 Å². The minimum absolute atomic E-state index is 0.551. The molecule has 0 atom stereocenters. The summed E-state index contributed by atoms with van der Waals surface area (Å²) in [7, 11) is 0. The lowest BCUT2D eigenvalue weighted by molar-refractivity contribution is -0.917. The Morgan fingerprint density at radius 1 is 0.867 bits per heavy atom. The predicted molar refractivity (Wildman–Crippen MR) is 126 cm³/mol. The lowest BCUT2D eigenvalue weighted by atomic mass is 10.1. The van der Waals surface area contributed by atoms with Gasteiger partial charge in [0, 0.05) is 5.56 Å². The Labute approximate surface area is 184 Å². The van der Waals surface area contributed by atoms with Crippen molar-refractivity contribution in [2.45, 2.75) is 20.1 Å². The highest BCUT2D eigenvalue weighted by Crippen LogP contribution is 2.22. The maximum Gasteiger partial charge on any atom is 0.130 e. The summed E-state index contributed by atoms with van der Waals surface area (Å²) in [4.78, 5) is 4.84. The van der Waals surface area contributed by atoms with Crippen LogP contribution >= 0.6 is 12.2 Å². The van der Waals surface area contributed by atoms with Gasteiger partial charge in [0.05, 0.1) is 31.7 Å². The maximum atomic E-state index is 6.16. The van der Waals surface area contributed by atoms with E-state index in [0.29, 0.717) is 6.61 Å². The SMILES string of the molecule is Cc1ccc(COc2ccccc2C(=S)N2CC[NH+](Cc3ccccc3)CC2)cc1. The number of benzene rings is 3. The van der Waals surface area contributed by atoms with E-state index in [9.17, 15) is 0 Å². The highest BCUT2D eigenvalue weighted by molar-refractivity contribution is 7.80. The number of nitrogens with zero attached hydrogens (tertiary/aromatic N) is 1. The van der Waals surface area contributed by atoms with E-state index < -0.39 is 0 Å². The van der Waals surface area contributed by atoms with Gasteiger partial charge >= 0.3 is 0 Å². The van der Waals surface area contributed by atoms with Gasteiger partial charge < -0.3 is 14.5 Å². The van der Waals surface area contributed by atoms with Crippen molar-refractivity contribution in [1.29, 1.82) is 0 Å². The average molecular weight is 418 g/mol. The molecule has 1 aliphatic heterocycles. The van der Waals surface area contributed by atoms with E-state index in [1.807, 2.05) is 18.2 Å². The summed E-state index contributed by atoms with van der Waals surface area (Å²) in [5, 5.41) is 0. The van der Waals surface area contributed by atoms with Crippen LogP contribution in [-0.2, 0) is 13.2 Å². The second-order valence-electron chi connectivity index (χ2n) is 7.98. The van der Waals surface area contributed by atoms with Crippen molar-refractivity contribution in [3.05, 3.63) is 101 Å². The van der Waals surface area contributed by atoms with E-state index in [2.05, 4.69) is 72.5 Å². The summed E-state index contributed by atoms with van der Waals surface area (Å²) in [5.41, 5.74) is 4.85. The van der Waals surface area contributed by atoms with Gasteiger partial charge in [-0.05, 0) is 24.6 Å². The zero-order chi connectivity index (χ0) is 20.8. The highest BCUT2D eigenvalue weighted by Gasteiger charge is 2.24. The number of para-hydroxylation sites is 1. The molecule has 0 saturated carbocycles. The molecule has 0 unspecified atom stereocenters. The van der Waals surface area contributed by atoms with Crippen LogP contribution in [0, 0.1) is 6.92 Å². The number of aryl methyl sites for hydroxylation is 1. The fourth-order valence-corrected chi connectivity index (χ4v) is 4.22. The number of thiocarbonyl (C=S) groups is 1. The molecule has 0 spiro atoms. The van der Waals surface area contributed by atoms with E-state index in [1.165, 1.54) is 16.7 Å². The van der Waals surface area contributed by atoms with Gasteiger partial charge in [0.2, 0.25) is 0 Å². The van der Waals surface area contributed by atoms with Crippen LogP contribution in [0.3, 0.4) is 0 Å². The van der Waals surface area contributed by atoms with E-state index in [0.717, 1.165) is 49.0 Å². The van der Waals surface area contributed by atoms with E-state index in [-0.39, 0.29) is 0 Å². The summed E-state index contributed by atoms with van der Waals surface area (Å²) < 4.78 is 6.16. The van der Waals surface area contributed by atoms with Crippen molar-refractivity contribution >= 4 is 17.2 Å². The highest BCUT2D eigenvalue weighted by atomic mass is 32.1. The van der Waals surface area contributed by atoms with Gasteiger partial charge in [-0.25, -0.2) is 0 Å². The fourth-order valence-electron chi connectivity index (χ4n) is 3.87. The number of hydrogen-bond donors (Lipinski definition) is 1. The Kier molecular flexibility index (Phi) is 6.77. The van der Waals surface area contributed by atoms with Crippen LogP contribution in [0.1, 0.15) is 22.3 Å². The zero-order valence-electron chi connectivity index (χ0n) is 17.5. The first-order valence-electron chi connectivity index (χ1n) is 10.6. The molecule has 4 heteroatoms. The van der Waals surface area contributed by atoms with Crippen LogP contribution in [0.5, 0.6) is 5.75 Å². The average Bonchev–Trinajstić information content (AvgIpc) is 2.80. The molecule has 1 saturated heterocycles. The first kappa shape index (κ1) is 20.6. The molecular weight excluding hydrogens is 388 g/mol. The van der Waals surface area contributed by atoms with Crippen molar-refractivity contribution < 1.29 is 9.64 Å². The quantitative estimate of drug-likeness (QED) is 0.617. The third-order valence-corrected chi connectivity index (χ3v) is 6.17. The summed E-state index contributed by atoms with van der Waals surface area (Å²) in [5.74, 6) is 0.863. The molecule has 0 aliphatic carbocycles. The van der Waals surface area contributed by atoms with Crippen LogP contribution in [0.15, 0.2) is 78.9 Å². The third-order valence-electron chi connectivity index (χ3n) is 5.69. The third kappa shape index (κ3) is 5.26. The van der Waals surface area contributed by atoms with Crippen molar-refractivity contribution in [2.24, 2.45) is 0 Å². The topological polar surface area (TPSA) is 16.9 Å². The van der Waals surface area contributed by atoms with Crippen LogP contribution in [0.25, 0.3) is 0 Å². The molecule has 3 nitrogen and oxygen atoms in total. The molecule has 1 N–H and O–H groups in total. The molecule has 30 heavy (non-hydrogen) atoms. The zero-order valence-corrected chi connectivity index (χ0v) is 18.3.